The van der Waals surface area contributed by atoms with Crippen LogP contribution in [0.1, 0.15) is 181 Å². The normalized spacial score (nSPS) is 10.3. The van der Waals surface area contributed by atoms with Gasteiger partial charge in [0.15, 0.2) is 0 Å². The minimum absolute atomic E-state index is 0. The Bertz CT molecular complexity index is 1930. The molecule has 0 fully saturated rings. The van der Waals surface area contributed by atoms with Crippen molar-refractivity contribution in [2.75, 3.05) is 16.0 Å². The van der Waals surface area contributed by atoms with Crippen molar-refractivity contribution in [3.8, 4) is 0 Å². The molecule has 471 valence electrons. The first-order valence-corrected chi connectivity index (χ1v) is 28.7. The Morgan fingerprint density at radius 1 is 0.357 bits per heavy atom. The van der Waals surface area contributed by atoms with E-state index in [1.165, 1.54) is 20.8 Å². The number of nitrogens with zero attached hydrogens (tertiary/aromatic N) is 3. The number of hydrogen-bond acceptors (Lipinski definition) is 9. The molecule has 6 rings (SSSR count). The Morgan fingerprint density at radius 3 is 0.940 bits per heavy atom. The van der Waals surface area contributed by atoms with E-state index < -0.39 is 34.5 Å². The van der Waals surface area contributed by atoms with Crippen molar-refractivity contribution in [1.82, 2.24) is 15.0 Å². The van der Waals surface area contributed by atoms with Gasteiger partial charge in [0.1, 0.15) is 22.6 Å². The number of rotatable bonds is 15. The number of amides is 3. The maximum absolute atomic E-state index is 12.1. The molecule has 0 saturated carbocycles. The van der Waals surface area contributed by atoms with Crippen LogP contribution < -0.4 is 16.0 Å². The number of anilines is 3. The monoisotopic (exact) mass is 1390 g/mol. The van der Waals surface area contributed by atoms with E-state index in [-0.39, 0.29) is 120 Å². The van der Waals surface area contributed by atoms with Crippen molar-refractivity contribution >= 4 is 34.9 Å². The third-order valence-corrected chi connectivity index (χ3v) is 9.46. The minimum atomic E-state index is -1.42. The second-order valence-corrected chi connectivity index (χ2v) is 14.8. The average molecular weight is 1390 g/mol. The molecule has 0 aliphatic rings. The summed E-state index contributed by atoms with van der Waals surface area (Å²) in [5, 5.41) is 38.8. The van der Waals surface area contributed by atoms with E-state index >= 15 is 0 Å². The summed E-state index contributed by atoms with van der Waals surface area (Å²) in [7, 11) is 0. The molecule has 84 heavy (non-hydrogen) atoms. The van der Waals surface area contributed by atoms with Gasteiger partial charge in [0.2, 0.25) is 0 Å². The predicted molar refractivity (Wildman–Crippen MR) is 356 cm³/mol. The number of aliphatic hydroxyl groups is 3. The summed E-state index contributed by atoms with van der Waals surface area (Å²) in [5.41, 5.74) is 0.269. The molecular formula is C69H117N6O6Y3-3. The van der Waals surface area contributed by atoms with Crippen LogP contribution >= 0.6 is 0 Å². The van der Waals surface area contributed by atoms with Gasteiger partial charge < -0.3 is 53.5 Å². The van der Waals surface area contributed by atoms with Gasteiger partial charge in [-0.15, -0.1) is 0 Å². The van der Waals surface area contributed by atoms with Gasteiger partial charge in [-0.25, -0.2) is 4.98 Å². The third-order valence-electron chi connectivity index (χ3n) is 9.46. The summed E-state index contributed by atoms with van der Waals surface area (Å²) in [6.45, 7) is 40.6. The summed E-state index contributed by atoms with van der Waals surface area (Å²) >= 11 is 0. The standard InChI is InChI=1S/3C16H18N2O2.9C2H6.3CH3.3Y/c1-16(20,11-10-13-7-3-2-4-8-13)15(19)18-14-9-5-6-12-17-14;1-16(20,10-9-13-6-3-2-4-7-13)15(19)18-14-8-5-11-17-12-14;1-16(20,10-7-13-5-3-2-4-6-13)15(19)18-14-8-11-17-12-9-14;9*1-2;;;;;;/h2-9,12,20H,10-11H2,1H3,(H,17,18,19);2-8,11-12,20H,9-10H2,1H3,(H,18,19);2-6,8-9,11-12,20H,7,10H2,1H3,(H,17,18,19);9*1-2H3;3*1H3;;;/q;;;;;;;;;;;;3*-1;;;. The molecule has 0 aliphatic carbocycles. The number of hydrogen-bond donors (Lipinski definition) is 6. The molecular weight excluding hydrogens is 1280 g/mol. The predicted octanol–water partition coefficient (Wildman–Crippen LogP) is 17.8. The molecule has 6 N–H and O–H groups in total. The number of carbonyl (C=O) groups excluding carboxylic acids is 3. The zero-order chi connectivity index (χ0) is 61.3. The first kappa shape index (κ1) is 109. The van der Waals surface area contributed by atoms with Crippen LogP contribution in [0.2, 0.25) is 0 Å². The Labute approximate surface area is 591 Å². The Kier molecular flexibility index (Phi) is 98.0. The van der Waals surface area contributed by atoms with Crippen LogP contribution in [0.25, 0.3) is 0 Å². The third kappa shape index (κ3) is 55.3. The smallest absolute Gasteiger partial charge is 0.257 e. The second-order valence-electron chi connectivity index (χ2n) is 14.8. The van der Waals surface area contributed by atoms with E-state index in [9.17, 15) is 29.7 Å². The van der Waals surface area contributed by atoms with Crippen molar-refractivity contribution in [3.05, 3.63) is 203 Å². The summed E-state index contributed by atoms with van der Waals surface area (Å²) in [4.78, 5) is 48.0. The molecule has 0 bridgehead atoms. The summed E-state index contributed by atoms with van der Waals surface area (Å²) < 4.78 is 0. The number of nitrogens with one attached hydrogen (secondary N) is 3. The Morgan fingerprint density at radius 2 is 0.655 bits per heavy atom. The number of aromatic nitrogens is 3. The van der Waals surface area contributed by atoms with Gasteiger partial charge in [-0.2, -0.15) is 0 Å². The Balaban J connectivity index is -0.0000000788. The van der Waals surface area contributed by atoms with Crippen molar-refractivity contribution in [2.45, 2.75) is 201 Å². The maximum atomic E-state index is 12.1. The summed E-state index contributed by atoms with van der Waals surface area (Å²) in [6, 6.07) is 41.4. The molecule has 3 aromatic carbocycles. The van der Waals surface area contributed by atoms with E-state index in [1.807, 2.05) is 216 Å². The quantitative estimate of drug-likeness (QED) is 0.0544. The first-order valence-electron chi connectivity index (χ1n) is 28.7. The SMILES string of the molecule is CC.CC.CC.CC.CC.CC.CC.CC.CC.CC(O)(CCc1ccccc1)C(=O)Nc1ccccn1.CC(O)(CCc1ccccc1)C(=O)Nc1cccnc1.CC(O)(CCc1ccccc1)C(=O)Nc1ccncc1.[CH3-].[CH3-].[CH3-].[Y].[Y].[Y]. The van der Waals surface area contributed by atoms with Crippen LogP contribution in [-0.2, 0) is 132 Å². The van der Waals surface area contributed by atoms with Crippen molar-refractivity contribution in [2.24, 2.45) is 0 Å². The first-order chi connectivity index (χ1) is 37.7. The zero-order valence-electron chi connectivity index (χ0n) is 57.0. The van der Waals surface area contributed by atoms with E-state index in [4.69, 9.17) is 0 Å². The molecule has 0 saturated heterocycles. The van der Waals surface area contributed by atoms with Gasteiger partial charge in [-0.05, 0) is 112 Å². The van der Waals surface area contributed by atoms with E-state index in [0.29, 0.717) is 55.7 Å². The van der Waals surface area contributed by atoms with Crippen LogP contribution in [0.3, 0.4) is 0 Å². The zero-order valence-corrected chi connectivity index (χ0v) is 65.5. The average Bonchev–Trinajstić information content (AvgIpc) is 3.52. The minimum Gasteiger partial charge on any atom is -0.380 e. The van der Waals surface area contributed by atoms with Crippen molar-refractivity contribution in [1.29, 1.82) is 0 Å². The summed E-state index contributed by atoms with van der Waals surface area (Å²) in [5.74, 6) is -0.814. The molecule has 0 aliphatic heterocycles. The maximum Gasteiger partial charge on any atom is 0.257 e. The Hall–Kier alpha value is -3.29. The van der Waals surface area contributed by atoms with E-state index in [0.717, 1.165) is 16.7 Å². The van der Waals surface area contributed by atoms with Crippen molar-refractivity contribution in [3.63, 3.8) is 0 Å². The van der Waals surface area contributed by atoms with Gasteiger partial charge in [-0.3, -0.25) is 24.4 Å². The van der Waals surface area contributed by atoms with Crippen LogP contribution in [0, 0.1) is 22.3 Å². The van der Waals surface area contributed by atoms with Crippen LogP contribution in [0.4, 0.5) is 17.2 Å². The van der Waals surface area contributed by atoms with Crippen LogP contribution in [-0.4, -0.2) is 64.8 Å². The van der Waals surface area contributed by atoms with Gasteiger partial charge in [-0.1, -0.05) is 222 Å². The van der Waals surface area contributed by atoms with E-state index in [2.05, 4.69) is 30.9 Å². The molecule has 3 amide bonds. The van der Waals surface area contributed by atoms with Gasteiger partial charge in [0.05, 0.1) is 11.9 Å². The second kappa shape index (κ2) is 75.8. The van der Waals surface area contributed by atoms with Gasteiger partial charge in [0, 0.05) is 129 Å². The molecule has 3 heterocycles. The molecule has 6 aromatic rings. The molecule has 3 unspecified atom stereocenters. The number of benzene rings is 3. The van der Waals surface area contributed by atoms with E-state index in [1.54, 1.807) is 73.4 Å². The van der Waals surface area contributed by atoms with Crippen molar-refractivity contribution < 1.29 is 128 Å². The molecule has 3 atom stereocenters. The summed E-state index contributed by atoms with van der Waals surface area (Å²) in [6.07, 6.45) is 11.0. The number of aryl methyl sites for hydroxylation is 3. The number of pyridine rings is 3. The van der Waals surface area contributed by atoms with Crippen LogP contribution in [0.15, 0.2) is 164 Å². The number of carbonyl (C=O) groups is 3. The van der Waals surface area contributed by atoms with Crippen LogP contribution in [0.5, 0.6) is 0 Å². The van der Waals surface area contributed by atoms with Gasteiger partial charge >= 0.3 is 0 Å². The molecule has 0 spiro atoms. The molecule has 3 radical (unpaired) electrons. The van der Waals surface area contributed by atoms with Gasteiger partial charge in [0.25, 0.3) is 17.7 Å². The molecule has 15 heteroatoms. The largest absolute Gasteiger partial charge is 0.380 e. The fourth-order valence-corrected chi connectivity index (χ4v) is 5.53. The topological polar surface area (TPSA) is 187 Å². The fraction of sp³-hybridized carbons (Fsp3) is 0.435. The fourth-order valence-electron chi connectivity index (χ4n) is 5.53. The molecule has 3 aromatic heterocycles. The molecule has 12 nitrogen and oxygen atoms in total.